The molecule has 2 nitrogen and oxygen atoms in total. The van der Waals surface area contributed by atoms with Crippen molar-refractivity contribution in [3.05, 3.63) is 23.8 Å². The van der Waals surface area contributed by atoms with Crippen molar-refractivity contribution in [2.24, 2.45) is 0 Å². The molecule has 1 aliphatic carbocycles. The summed E-state index contributed by atoms with van der Waals surface area (Å²) in [4.78, 5) is 21.0. The van der Waals surface area contributed by atoms with Gasteiger partial charge in [-0.25, -0.2) is 0 Å². The summed E-state index contributed by atoms with van der Waals surface area (Å²) in [5.41, 5.74) is 0.833. The molecule has 0 aromatic heterocycles. The first-order valence-electron chi connectivity index (χ1n) is 2.65. The maximum Gasteiger partial charge on any atom is 0.225 e. The van der Waals surface area contributed by atoms with Gasteiger partial charge in [0.2, 0.25) is 11.6 Å². The molecular weight excluding hydrogens is 116 g/mol. The van der Waals surface area contributed by atoms with Gasteiger partial charge in [0.25, 0.3) is 0 Å². The summed E-state index contributed by atoms with van der Waals surface area (Å²) in [6, 6.07) is 0. The van der Waals surface area contributed by atoms with Crippen molar-refractivity contribution in [1.82, 2.24) is 0 Å². The summed E-state index contributed by atoms with van der Waals surface area (Å²) in [5.74, 6) is -0.851. The van der Waals surface area contributed by atoms with Crippen LogP contribution in [0.25, 0.3) is 0 Å². The molecule has 0 saturated carbocycles. The van der Waals surface area contributed by atoms with Crippen LogP contribution < -0.4 is 0 Å². The highest BCUT2D eigenvalue weighted by molar-refractivity contribution is 6.46. The fraction of sp³-hybridized carbons (Fsp3) is 0.143. The average molecular weight is 122 g/mol. The van der Waals surface area contributed by atoms with Gasteiger partial charge >= 0.3 is 0 Å². The fourth-order valence-electron chi connectivity index (χ4n) is 0.615. The Morgan fingerprint density at radius 1 is 1.11 bits per heavy atom. The van der Waals surface area contributed by atoms with Crippen LogP contribution in [-0.4, -0.2) is 11.6 Å². The second-order valence-corrected chi connectivity index (χ2v) is 1.95. The lowest BCUT2D eigenvalue weighted by Crippen LogP contribution is -2.10. The van der Waals surface area contributed by atoms with Crippen LogP contribution in [0, 0.1) is 0 Å². The molecule has 0 N–H and O–H groups in total. The maximum absolute atomic E-state index is 10.5. The Morgan fingerprint density at radius 3 is 2.22 bits per heavy atom. The van der Waals surface area contributed by atoms with E-state index in [0.29, 0.717) is 0 Å². The third-order valence-corrected chi connectivity index (χ3v) is 1.10. The van der Waals surface area contributed by atoms with Crippen molar-refractivity contribution in [3.8, 4) is 0 Å². The van der Waals surface area contributed by atoms with Crippen LogP contribution in [0.15, 0.2) is 23.8 Å². The molecule has 0 heterocycles. The van der Waals surface area contributed by atoms with Gasteiger partial charge in [-0.05, 0) is 24.6 Å². The summed E-state index contributed by atoms with van der Waals surface area (Å²) in [6.07, 6.45) is 4.25. The first kappa shape index (κ1) is 5.95. The number of allylic oxidation sites excluding steroid dienone is 4. The molecule has 46 valence electrons. The van der Waals surface area contributed by atoms with E-state index >= 15 is 0 Å². The zero-order valence-electron chi connectivity index (χ0n) is 5.05. The highest BCUT2D eigenvalue weighted by Crippen LogP contribution is 2.01. The summed E-state index contributed by atoms with van der Waals surface area (Å²) >= 11 is 0. The van der Waals surface area contributed by atoms with Crippen molar-refractivity contribution in [1.29, 1.82) is 0 Å². The van der Waals surface area contributed by atoms with Gasteiger partial charge in [0.1, 0.15) is 0 Å². The third kappa shape index (κ3) is 1.13. The van der Waals surface area contributed by atoms with Gasteiger partial charge in [-0.2, -0.15) is 0 Å². The van der Waals surface area contributed by atoms with Gasteiger partial charge in [-0.15, -0.1) is 0 Å². The van der Waals surface area contributed by atoms with E-state index in [2.05, 4.69) is 0 Å². The molecule has 9 heavy (non-hydrogen) atoms. The lowest BCUT2D eigenvalue weighted by Gasteiger charge is -1.95. The van der Waals surface area contributed by atoms with Crippen LogP contribution >= 0.6 is 0 Å². The van der Waals surface area contributed by atoms with E-state index < -0.39 is 11.6 Å². The van der Waals surface area contributed by atoms with Crippen molar-refractivity contribution in [2.45, 2.75) is 6.92 Å². The summed E-state index contributed by atoms with van der Waals surface area (Å²) in [6.45, 7) is 1.78. The largest absolute Gasteiger partial charge is 0.286 e. The minimum atomic E-state index is -0.430. The molecule has 0 bridgehead atoms. The molecule has 0 saturated heterocycles. The summed E-state index contributed by atoms with van der Waals surface area (Å²) in [7, 11) is 0. The standard InChI is InChI=1S/C7H6O2/c1-5-2-3-6(8)7(9)4-5/h2-4H,1H3. The second-order valence-electron chi connectivity index (χ2n) is 1.95. The third-order valence-electron chi connectivity index (χ3n) is 1.10. The number of hydrogen-bond donors (Lipinski definition) is 0. The molecule has 0 amide bonds. The molecule has 2 heteroatoms. The zero-order chi connectivity index (χ0) is 6.85. The number of hydrogen-bond acceptors (Lipinski definition) is 2. The number of carbonyl (C=O) groups excluding carboxylic acids is 2. The lowest BCUT2D eigenvalue weighted by atomic mass is 10.1. The van der Waals surface area contributed by atoms with E-state index in [4.69, 9.17) is 0 Å². The van der Waals surface area contributed by atoms with Crippen LogP contribution in [0.1, 0.15) is 6.92 Å². The molecule has 1 aliphatic rings. The quantitative estimate of drug-likeness (QED) is 0.349. The van der Waals surface area contributed by atoms with E-state index in [9.17, 15) is 9.59 Å². The van der Waals surface area contributed by atoms with Crippen LogP contribution in [0.3, 0.4) is 0 Å². The molecule has 0 fully saturated rings. The highest BCUT2D eigenvalue weighted by Gasteiger charge is 2.09. The predicted molar refractivity (Wildman–Crippen MR) is 32.9 cm³/mol. The monoisotopic (exact) mass is 122 g/mol. The van der Waals surface area contributed by atoms with Crippen molar-refractivity contribution in [2.75, 3.05) is 0 Å². The predicted octanol–water partition coefficient (Wildman–Crippen LogP) is 0.641. The van der Waals surface area contributed by atoms with E-state index in [1.165, 1.54) is 12.2 Å². The molecule has 0 spiro atoms. The zero-order valence-corrected chi connectivity index (χ0v) is 5.05. The lowest BCUT2D eigenvalue weighted by molar-refractivity contribution is -0.131. The Bertz CT molecular complexity index is 221. The van der Waals surface area contributed by atoms with Crippen LogP contribution in [0.2, 0.25) is 0 Å². The van der Waals surface area contributed by atoms with Crippen LogP contribution in [-0.2, 0) is 9.59 Å². The van der Waals surface area contributed by atoms with Gasteiger partial charge in [0.15, 0.2) is 0 Å². The van der Waals surface area contributed by atoms with E-state index in [0.717, 1.165) is 5.57 Å². The Balaban J connectivity index is 2.95. The molecule has 0 aromatic rings. The number of rotatable bonds is 0. The van der Waals surface area contributed by atoms with Crippen LogP contribution in [0.5, 0.6) is 0 Å². The molecule has 0 aromatic carbocycles. The van der Waals surface area contributed by atoms with Crippen molar-refractivity contribution in [3.63, 3.8) is 0 Å². The highest BCUT2D eigenvalue weighted by atomic mass is 16.2. The van der Waals surface area contributed by atoms with Gasteiger partial charge in [0, 0.05) is 0 Å². The molecule has 1 rings (SSSR count). The normalized spacial score (nSPS) is 18.1. The minimum absolute atomic E-state index is 0.421. The molecule has 0 aliphatic heterocycles. The Hall–Kier alpha value is -1.18. The fourth-order valence-corrected chi connectivity index (χ4v) is 0.615. The van der Waals surface area contributed by atoms with Gasteiger partial charge in [-0.1, -0.05) is 6.08 Å². The van der Waals surface area contributed by atoms with Gasteiger partial charge < -0.3 is 0 Å². The van der Waals surface area contributed by atoms with Crippen molar-refractivity contribution >= 4 is 11.6 Å². The second kappa shape index (κ2) is 1.97. The average Bonchev–Trinajstić information content (AvgIpc) is 1.80. The number of carbonyl (C=O) groups is 2. The number of ketones is 2. The minimum Gasteiger partial charge on any atom is -0.286 e. The Kier molecular flexibility index (Phi) is 1.30. The van der Waals surface area contributed by atoms with Gasteiger partial charge in [0.05, 0.1) is 0 Å². The first-order valence-corrected chi connectivity index (χ1v) is 2.65. The Morgan fingerprint density at radius 2 is 1.78 bits per heavy atom. The summed E-state index contributed by atoms with van der Waals surface area (Å²) < 4.78 is 0. The first-order chi connectivity index (χ1) is 4.20. The van der Waals surface area contributed by atoms with Gasteiger partial charge in [-0.3, -0.25) is 9.59 Å². The van der Waals surface area contributed by atoms with E-state index in [-0.39, 0.29) is 0 Å². The maximum atomic E-state index is 10.5. The summed E-state index contributed by atoms with van der Waals surface area (Å²) in [5, 5.41) is 0. The van der Waals surface area contributed by atoms with Crippen molar-refractivity contribution < 1.29 is 9.59 Å². The molecule has 0 unspecified atom stereocenters. The SMILES string of the molecule is CC1=CC(=O)C(=O)C=C1. The van der Waals surface area contributed by atoms with Crippen LogP contribution in [0.4, 0.5) is 0 Å². The van der Waals surface area contributed by atoms with E-state index in [1.807, 2.05) is 0 Å². The topological polar surface area (TPSA) is 34.1 Å². The Labute approximate surface area is 52.9 Å². The molecule has 0 atom stereocenters. The molecular formula is C7H6O2. The smallest absolute Gasteiger partial charge is 0.225 e. The molecule has 0 radical (unpaired) electrons. The van der Waals surface area contributed by atoms with E-state index in [1.54, 1.807) is 13.0 Å².